The first-order valence-corrected chi connectivity index (χ1v) is 10.1. The summed E-state index contributed by atoms with van der Waals surface area (Å²) in [6.45, 7) is 3.72. The number of nitrogens with zero attached hydrogens (tertiary/aromatic N) is 2. The van der Waals surface area contributed by atoms with E-state index in [9.17, 15) is 9.90 Å². The molecule has 1 aliphatic carbocycles. The van der Waals surface area contributed by atoms with Gasteiger partial charge in [0.25, 0.3) is 0 Å². The summed E-state index contributed by atoms with van der Waals surface area (Å²) < 4.78 is 6.08. The number of benzene rings is 2. The summed E-state index contributed by atoms with van der Waals surface area (Å²) in [7, 11) is 0. The van der Waals surface area contributed by atoms with Crippen LogP contribution in [0.25, 0.3) is 0 Å². The maximum atomic E-state index is 12.6. The molecule has 2 aliphatic rings. The topological polar surface area (TPSA) is 53.0 Å². The summed E-state index contributed by atoms with van der Waals surface area (Å²) in [5.41, 5.74) is 1.24. The zero-order chi connectivity index (χ0) is 19.3. The van der Waals surface area contributed by atoms with Crippen molar-refractivity contribution in [2.75, 3.05) is 32.8 Å². The predicted octanol–water partition coefficient (Wildman–Crippen LogP) is 2.72. The van der Waals surface area contributed by atoms with Crippen molar-refractivity contribution in [3.63, 3.8) is 0 Å². The molecule has 1 saturated heterocycles. The third kappa shape index (κ3) is 4.37. The van der Waals surface area contributed by atoms with E-state index in [1.165, 1.54) is 5.56 Å². The van der Waals surface area contributed by atoms with Crippen LogP contribution in [0.5, 0.6) is 5.75 Å². The molecule has 1 heterocycles. The summed E-state index contributed by atoms with van der Waals surface area (Å²) in [5.74, 6) is 1.11. The lowest BCUT2D eigenvalue weighted by Crippen LogP contribution is -2.53. The molecule has 0 spiro atoms. The van der Waals surface area contributed by atoms with E-state index < -0.39 is 0 Å². The van der Waals surface area contributed by atoms with Crippen LogP contribution in [0.4, 0.5) is 0 Å². The van der Waals surface area contributed by atoms with Crippen LogP contribution in [0.1, 0.15) is 24.4 Å². The number of piperazine rings is 1. The number of carbonyl (C=O) groups excluding carboxylic acids is 1. The van der Waals surface area contributed by atoms with Gasteiger partial charge in [0.15, 0.2) is 0 Å². The van der Waals surface area contributed by atoms with Crippen molar-refractivity contribution in [3.8, 4) is 5.75 Å². The average Bonchev–Trinajstić information content (AvgIpc) is 2.73. The van der Waals surface area contributed by atoms with Gasteiger partial charge in [0.2, 0.25) is 5.91 Å². The van der Waals surface area contributed by atoms with Crippen LogP contribution < -0.4 is 4.74 Å². The Morgan fingerprint density at radius 1 is 0.964 bits per heavy atom. The van der Waals surface area contributed by atoms with Gasteiger partial charge in [-0.2, -0.15) is 0 Å². The third-order valence-electron chi connectivity index (χ3n) is 5.86. The number of aliphatic hydroxyl groups excluding tert-OH is 1. The van der Waals surface area contributed by atoms with Gasteiger partial charge in [-0.25, -0.2) is 0 Å². The first kappa shape index (κ1) is 19.0. The van der Waals surface area contributed by atoms with E-state index >= 15 is 0 Å². The zero-order valence-electron chi connectivity index (χ0n) is 16.1. The fourth-order valence-corrected chi connectivity index (χ4v) is 4.08. The lowest BCUT2D eigenvalue weighted by Gasteiger charge is -2.42. The van der Waals surface area contributed by atoms with Crippen molar-refractivity contribution < 1.29 is 14.6 Å². The number of hydrogen-bond donors (Lipinski definition) is 1. The third-order valence-corrected chi connectivity index (χ3v) is 5.86. The normalized spacial score (nSPS) is 23.7. The maximum absolute atomic E-state index is 12.6. The van der Waals surface area contributed by atoms with Crippen LogP contribution in [0.15, 0.2) is 60.7 Å². The highest BCUT2D eigenvalue weighted by atomic mass is 16.5. The Morgan fingerprint density at radius 2 is 1.57 bits per heavy atom. The number of amides is 1. The van der Waals surface area contributed by atoms with Gasteiger partial charge in [0.05, 0.1) is 12.1 Å². The molecule has 1 amide bonds. The Kier molecular flexibility index (Phi) is 5.93. The van der Waals surface area contributed by atoms with Gasteiger partial charge >= 0.3 is 0 Å². The highest BCUT2D eigenvalue weighted by Gasteiger charge is 2.37. The minimum Gasteiger partial charge on any atom is -0.492 e. The van der Waals surface area contributed by atoms with E-state index in [0.29, 0.717) is 19.4 Å². The molecular formula is C23H28N2O3. The Morgan fingerprint density at radius 3 is 2.18 bits per heavy atom. The van der Waals surface area contributed by atoms with Crippen LogP contribution in [0.2, 0.25) is 0 Å². The fraction of sp³-hybridized carbons (Fsp3) is 0.435. The van der Waals surface area contributed by atoms with Gasteiger partial charge in [-0.1, -0.05) is 48.5 Å². The SMILES string of the molecule is O=C(C1CC(O)C1)N1CCN(C(COc2ccccc2)c2ccccc2)CC1. The van der Waals surface area contributed by atoms with Crippen molar-refractivity contribution in [2.24, 2.45) is 5.92 Å². The highest BCUT2D eigenvalue weighted by Crippen LogP contribution is 2.30. The molecule has 1 saturated carbocycles. The monoisotopic (exact) mass is 380 g/mol. The number of carbonyl (C=O) groups is 1. The van der Waals surface area contributed by atoms with Gasteiger partial charge in [-0.15, -0.1) is 0 Å². The lowest BCUT2D eigenvalue weighted by atomic mass is 9.81. The zero-order valence-corrected chi connectivity index (χ0v) is 16.1. The predicted molar refractivity (Wildman–Crippen MR) is 108 cm³/mol. The Balaban J connectivity index is 1.39. The quantitative estimate of drug-likeness (QED) is 0.837. The minimum atomic E-state index is -0.284. The van der Waals surface area contributed by atoms with Crippen molar-refractivity contribution in [1.82, 2.24) is 9.80 Å². The van der Waals surface area contributed by atoms with Crippen LogP contribution in [-0.2, 0) is 4.79 Å². The van der Waals surface area contributed by atoms with Crippen LogP contribution in [0.3, 0.4) is 0 Å². The smallest absolute Gasteiger partial charge is 0.225 e. The average molecular weight is 380 g/mol. The molecular weight excluding hydrogens is 352 g/mol. The summed E-state index contributed by atoms with van der Waals surface area (Å²) in [4.78, 5) is 16.9. The van der Waals surface area contributed by atoms with E-state index in [4.69, 9.17) is 4.74 Å². The molecule has 0 radical (unpaired) electrons. The van der Waals surface area contributed by atoms with Crippen molar-refractivity contribution in [1.29, 1.82) is 0 Å². The number of para-hydroxylation sites is 1. The summed E-state index contributed by atoms with van der Waals surface area (Å²) in [5, 5.41) is 9.47. The highest BCUT2D eigenvalue weighted by molar-refractivity contribution is 5.80. The van der Waals surface area contributed by atoms with Gasteiger partial charge < -0.3 is 14.7 Å². The van der Waals surface area contributed by atoms with Crippen LogP contribution in [0, 0.1) is 5.92 Å². The molecule has 2 aromatic rings. The van der Waals surface area contributed by atoms with Crippen molar-refractivity contribution in [2.45, 2.75) is 25.0 Å². The molecule has 1 atom stereocenters. The number of aliphatic hydroxyl groups is 1. The minimum absolute atomic E-state index is 0.0212. The van der Waals surface area contributed by atoms with E-state index in [0.717, 1.165) is 31.9 Å². The lowest BCUT2D eigenvalue weighted by molar-refractivity contribution is -0.144. The Labute approximate surface area is 166 Å². The van der Waals surface area contributed by atoms with Gasteiger partial charge in [0, 0.05) is 32.1 Å². The summed E-state index contributed by atoms with van der Waals surface area (Å²) >= 11 is 0. The second kappa shape index (κ2) is 8.76. The van der Waals surface area contributed by atoms with Gasteiger partial charge in [-0.05, 0) is 30.5 Å². The summed E-state index contributed by atoms with van der Waals surface area (Å²) in [6, 6.07) is 20.5. The molecule has 5 heteroatoms. The molecule has 1 N–H and O–H groups in total. The second-order valence-corrected chi connectivity index (χ2v) is 7.73. The van der Waals surface area contributed by atoms with E-state index in [1.54, 1.807) is 0 Å². The molecule has 2 fully saturated rings. The molecule has 148 valence electrons. The Hall–Kier alpha value is -2.37. The number of ether oxygens (including phenoxy) is 1. The molecule has 1 unspecified atom stereocenters. The van der Waals surface area contributed by atoms with E-state index in [-0.39, 0.29) is 24.0 Å². The van der Waals surface area contributed by atoms with E-state index in [2.05, 4.69) is 29.2 Å². The molecule has 2 aromatic carbocycles. The van der Waals surface area contributed by atoms with Crippen molar-refractivity contribution >= 4 is 5.91 Å². The van der Waals surface area contributed by atoms with Gasteiger partial charge in [-0.3, -0.25) is 9.69 Å². The molecule has 5 nitrogen and oxygen atoms in total. The van der Waals surface area contributed by atoms with Crippen molar-refractivity contribution in [3.05, 3.63) is 66.2 Å². The first-order valence-electron chi connectivity index (χ1n) is 10.1. The number of hydrogen-bond acceptors (Lipinski definition) is 4. The molecule has 1 aliphatic heterocycles. The standard InChI is InChI=1S/C23H28N2O3/c26-20-15-19(16-20)23(27)25-13-11-24(12-14-25)22(18-7-3-1-4-8-18)17-28-21-9-5-2-6-10-21/h1-10,19-20,22,26H,11-17H2. The molecule has 28 heavy (non-hydrogen) atoms. The largest absolute Gasteiger partial charge is 0.492 e. The van der Waals surface area contributed by atoms with Crippen LogP contribution >= 0.6 is 0 Å². The van der Waals surface area contributed by atoms with Gasteiger partial charge in [0.1, 0.15) is 12.4 Å². The molecule has 4 rings (SSSR count). The fourth-order valence-electron chi connectivity index (χ4n) is 4.08. The molecule has 0 bridgehead atoms. The van der Waals surface area contributed by atoms with E-state index in [1.807, 2.05) is 41.3 Å². The Bertz CT molecular complexity index is 754. The summed E-state index contributed by atoms with van der Waals surface area (Å²) in [6.07, 6.45) is 0.959. The second-order valence-electron chi connectivity index (χ2n) is 7.73. The first-order chi connectivity index (χ1) is 13.7. The molecule has 0 aromatic heterocycles. The van der Waals surface area contributed by atoms with Crippen LogP contribution in [-0.4, -0.2) is 59.7 Å². The number of rotatable bonds is 6. The maximum Gasteiger partial charge on any atom is 0.225 e.